The fourth-order valence-corrected chi connectivity index (χ4v) is 2.39. The molecule has 1 aromatic rings. The van der Waals surface area contributed by atoms with Gasteiger partial charge in [-0.1, -0.05) is 18.2 Å². The van der Waals surface area contributed by atoms with E-state index in [1.54, 1.807) is 13.2 Å². The molecule has 1 aromatic carbocycles. The second kappa shape index (κ2) is 6.38. The van der Waals surface area contributed by atoms with Crippen molar-refractivity contribution in [2.45, 2.75) is 31.2 Å². The highest BCUT2D eigenvalue weighted by atomic mass is 16.7. The van der Waals surface area contributed by atoms with Gasteiger partial charge in [0.05, 0.1) is 7.11 Å². The first kappa shape index (κ1) is 15.5. The van der Waals surface area contributed by atoms with Crippen LogP contribution in [-0.2, 0) is 25.5 Å². The molecule has 1 fully saturated rings. The average Bonchev–Trinajstić information content (AvgIpc) is 3.32. The summed E-state index contributed by atoms with van der Waals surface area (Å²) in [5.74, 6) is 0.264. The van der Waals surface area contributed by atoms with Gasteiger partial charge in [-0.25, -0.2) is 4.79 Å². The largest absolute Gasteiger partial charge is 0.497 e. The Balaban J connectivity index is 1.49. The van der Waals surface area contributed by atoms with Crippen LogP contribution in [0.25, 0.3) is 0 Å². The maximum Gasteiger partial charge on any atom is 0.332 e. The number of hydrogen-bond donors (Lipinski definition) is 0. The second-order valence-electron chi connectivity index (χ2n) is 5.60. The zero-order valence-electron chi connectivity index (χ0n) is 12.9. The molecule has 5 heteroatoms. The summed E-state index contributed by atoms with van der Waals surface area (Å²) in [4.78, 5) is 23.4. The van der Waals surface area contributed by atoms with Gasteiger partial charge in [0.1, 0.15) is 11.4 Å². The van der Waals surface area contributed by atoms with Crippen LogP contribution in [0.4, 0.5) is 0 Å². The summed E-state index contributed by atoms with van der Waals surface area (Å²) in [6, 6.07) is 7.61. The molecule has 1 spiro atoms. The lowest BCUT2D eigenvalue weighted by molar-refractivity contribution is -0.181. The van der Waals surface area contributed by atoms with Crippen molar-refractivity contribution in [2.24, 2.45) is 0 Å². The van der Waals surface area contributed by atoms with Gasteiger partial charge in [0.15, 0.2) is 5.78 Å². The fraction of sp³-hybridized carbons (Fsp3) is 0.333. The van der Waals surface area contributed by atoms with Crippen LogP contribution in [0.15, 0.2) is 48.6 Å². The van der Waals surface area contributed by atoms with Gasteiger partial charge in [0.25, 0.3) is 0 Å². The first-order valence-corrected chi connectivity index (χ1v) is 7.52. The van der Waals surface area contributed by atoms with Crippen LogP contribution < -0.4 is 4.74 Å². The van der Waals surface area contributed by atoms with Crippen molar-refractivity contribution in [3.05, 3.63) is 54.1 Å². The van der Waals surface area contributed by atoms with Crippen molar-refractivity contribution < 1.29 is 23.8 Å². The van der Waals surface area contributed by atoms with E-state index >= 15 is 0 Å². The Morgan fingerprint density at radius 1 is 1.35 bits per heavy atom. The number of hydrogen-bond acceptors (Lipinski definition) is 5. The Morgan fingerprint density at radius 3 is 2.74 bits per heavy atom. The Kier molecular flexibility index (Phi) is 4.30. The minimum atomic E-state index is -0.784. The summed E-state index contributed by atoms with van der Waals surface area (Å²) in [5, 5.41) is 0. The minimum absolute atomic E-state index is 0.0418. The molecule has 0 unspecified atom stereocenters. The summed E-state index contributed by atoms with van der Waals surface area (Å²) < 4.78 is 15.8. The Bertz CT molecular complexity index is 652. The molecular weight excluding hydrogens is 296 g/mol. The molecule has 3 rings (SSSR count). The lowest BCUT2D eigenvalue weighted by Gasteiger charge is -2.23. The van der Waals surface area contributed by atoms with Crippen molar-refractivity contribution >= 4 is 11.8 Å². The van der Waals surface area contributed by atoms with Crippen LogP contribution in [0.3, 0.4) is 0 Å². The van der Waals surface area contributed by atoms with Gasteiger partial charge in [-0.05, 0) is 49.1 Å². The molecule has 5 nitrogen and oxygen atoms in total. The van der Waals surface area contributed by atoms with Crippen molar-refractivity contribution in [3.8, 4) is 5.75 Å². The van der Waals surface area contributed by atoms with Gasteiger partial charge in [0, 0.05) is 6.08 Å². The molecule has 1 saturated carbocycles. The number of ketones is 1. The second-order valence-corrected chi connectivity index (χ2v) is 5.60. The first-order chi connectivity index (χ1) is 11.1. The summed E-state index contributed by atoms with van der Waals surface area (Å²) in [6.07, 6.45) is 7.23. The highest BCUT2D eigenvalue weighted by Gasteiger charge is 2.53. The minimum Gasteiger partial charge on any atom is -0.497 e. The zero-order valence-corrected chi connectivity index (χ0v) is 12.9. The molecule has 0 amide bonds. The molecule has 0 saturated heterocycles. The normalized spacial score (nSPS) is 21.6. The number of esters is 1. The monoisotopic (exact) mass is 314 g/mol. The third-order valence-corrected chi connectivity index (χ3v) is 3.90. The van der Waals surface area contributed by atoms with Crippen LogP contribution in [0, 0.1) is 0 Å². The fourth-order valence-electron chi connectivity index (χ4n) is 2.39. The Labute approximate surface area is 134 Å². The summed E-state index contributed by atoms with van der Waals surface area (Å²) in [5.41, 5.74) is 0.332. The van der Waals surface area contributed by atoms with Crippen molar-refractivity contribution in [1.29, 1.82) is 0 Å². The van der Waals surface area contributed by atoms with E-state index in [1.807, 2.05) is 24.3 Å². The van der Waals surface area contributed by atoms with Gasteiger partial charge in [-0.15, -0.1) is 0 Å². The van der Waals surface area contributed by atoms with Crippen molar-refractivity contribution in [1.82, 2.24) is 0 Å². The quantitative estimate of drug-likeness (QED) is 0.617. The molecule has 0 N–H and O–H groups in total. The smallest absolute Gasteiger partial charge is 0.332 e. The van der Waals surface area contributed by atoms with E-state index in [4.69, 9.17) is 14.2 Å². The van der Waals surface area contributed by atoms with E-state index < -0.39 is 17.9 Å². The Hall–Kier alpha value is -2.40. The van der Waals surface area contributed by atoms with Crippen LogP contribution in [0.5, 0.6) is 5.75 Å². The number of methoxy groups -OCH3 is 1. The van der Waals surface area contributed by atoms with E-state index in [0.717, 1.165) is 11.3 Å². The number of rotatable bonds is 5. The predicted molar refractivity (Wildman–Crippen MR) is 82.9 cm³/mol. The highest BCUT2D eigenvalue weighted by molar-refractivity contribution is 6.00. The van der Waals surface area contributed by atoms with Gasteiger partial charge >= 0.3 is 5.97 Å². The summed E-state index contributed by atoms with van der Waals surface area (Å²) in [7, 11) is 1.62. The van der Waals surface area contributed by atoms with E-state index in [9.17, 15) is 9.59 Å². The van der Waals surface area contributed by atoms with E-state index in [0.29, 0.717) is 19.3 Å². The average molecular weight is 314 g/mol. The van der Waals surface area contributed by atoms with E-state index in [-0.39, 0.29) is 5.78 Å². The van der Waals surface area contributed by atoms with E-state index in [1.165, 1.54) is 18.2 Å². The third-order valence-electron chi connectivity index (χ3n) is 3.90. The summed E-state index contributed by atoms with van der Waals surface area (Å²) in [6.45, 7) is 0. The number of benzene rings is 1. The number of allylic oxidation sites excluding steroid dienone is 1. The number of ether oxygens (including phenoxy) is 3. The standard InChI is InChI=1S/C18H18O5/c1-21-14-7-5-13(6-8-14)3-2-4-16(20)22-17-10-9-15(19)18(23-17)11-12-18/h2,4-10,17H,3,11-12H2,1H3/b4-2+/t17-/m1/s1. The SMILES string of the molecule is COc1ccc(C/C=C/C(=O)O[C@H]2C=CC(=O)C3(CC3)O2)cc1. The maximum atomic E-state index is 11.8. The van der Waals surface area contributed by atoms with Crippen LogP contribution in [-0.4, -0.2) is 30.8 Å². The molecule has 1 aliphatic heterocycles. The summed E-state index contributed by atoms with van der Waals surface area (Å²) >= 11 is 0. The highest BCUT2D eigenvalue weighted by Crippen LogP contribution is 2.43. The predicted octanol–water partition coefficient (Wildman–Crippen LogP) is 2.35. The third kappa shape index (κ3) is 3.68. The van der Waals surface area contributed by atoms with Crippen molar-refractivity contribution in [2.75, 3.05) is 7.11 Å². The van der Waals surface area contributed by atoms with Crippen LogP contribution in [0.1, 0.15) is 18.4 Å². The molecule has 1 aliphatic carbocycles. The molecule has 1 heterocycles. The van der Waals surface area contributed by atoms with E-state index in [2.05, 4.69) is 0 Å². The van der Waals surface area contributed by atoms with Gasteiger partial charge in [-0.3, -0.25) is 4.79 Å². The number of carbonyl (C=O) groups is 2. The first-order valence-electron chi connectivity index (χ1n) is 7.52. The maximum absolute atomic E-state index is 11.8. The lowest BCUT2D eigenvalue weighted by Crippen LogP contribution is -2.35. The van der Waals surface area contributed by atoms with Crippen molar-refractivity contribution in [3.63, 3.8) is 0 Å². The molecule has 120 valence electrons. The molecular formula is C18H18O5. The molecule has 1 atom stereocenters. The van der Waals surface area contributed by atoms with Crippen LogP contribution >= 0.6 is 0 Å². The number of carbonyl (C=O) groups excluding carboxylic acids is 2. The van der Waals surface area contributed by atoms with Gasteiger partial charge < -0.3 is 14.2 Å². The topological polar surface area (TPSA) is 61.8 Å². The molecule has 0 bridgehead atoms. The van der Waals surface area contributed by atoms with Gasteiger partial charge in [-0.2, -0.15) is 0 Å². The zero-order chi connectivity index (χ0) is 16.3. The molecule has 23 heavy (non-hydrogen) atoms. The molecule has 2 aliphatic rings. The lowest BCUT2D eigenvalue weighted by atomic mass is 10.1. The van der Waals surface area contributed by atoms with Gasteiger partial charge in [0.2, 0.25) is 6.29 Å². The Morgan fingerprint density at radius 2 is 2.09 bits per heavy atom. The molecule has 0 aromatic heterocycles. The molecule has 0 radical (unpaired) electrons. The van der Waals surface area contributed by atoms with Crippen LogP contribution in [0.2, 0.25) is 0 Å².